The lowest BCUT2D eigenvalue weighted by Crippen LogP contribution is -1.89. The van der Waals surface area contributed by atoms with E-state index in [2.05, 4.69) is 33.6 Å². The third kappa shape index (κ3) is 2.20. The van der Waals surface area contributed by atoms with Gasteiger partial charge in [-0.1, -0.05) is 11.6 Å². The second-order valence-corrected chi connectivity index (χ2v) is 6.58. The zero-order valence-electron chi connectivity index (χ0n) is 9.15. The molecule has 0 saturated carbocycles. The first-order valence-electron chi connectivity index (χ1n) is 5.25. The predicted molar refractivity (Wildman–Crippen MR) is 87.2 cm³/mol. The molecular formula is C13H8ClIN2S. The van der Waals surface area contributed by atoms with E-state index in [1.165, 1.54) is 0 Å². The van der Waals surface area contributed by atoms with Gasteiger partial charge in [-0.25, -0.2) is 4.98 Å². The molecule has 2 N–H and O–H groups in total. The summed E-state index contributed by atoms with van der Waals surface area (Å²) >= 11 is 9.87. The summed E-state index contributed by atoms with van der Waals surface area (Å²) in [6, 6.07) is 11.7. The fourth-order valence-corrected chi connectivity index (χ4v) is 3.37. The van der Waals surface area contributed by atoms with E-state index in [0.717, 1.165) is 30.0 Å². The monoisotopic (exact) mass is 386 g/mol. The first kappa shape index (κ1) is 12.2. The van der Waals surface area contributed by atoms with Crippen LogP contribution in [-0.4, -0.2) is 4.98 Å². The minimum absolute atomic E-state index is 0.704. The second kappa shape index (κ2) is 4.68. The lowest BCUT2D eigenvalue weighted by Gasteiger charge is -2.01. The first-order chi connectivity index (χ1) is 8.63. The van der Waals surface area contributed by atoms with Crippen molar-refractivity contribution in [2.45, 2.75) is 0 Å². The molecule has 0 atom stereocenters. The van der Waals surface area contributed by atoms with Crippen molar-refractivity contribution in [2.75, 3.05) is 5.73 Å². The summed E-state index contributed by atoms with van der Waals surface area (Å²) in [5, 5.41) is 1.64. The Morgan fingerprint density at radius 1 is 1.17 bits per heavy atom. The zero-order chi connectivity index (χ0) is 12.7. The number of nitrogens with zero attached hydrogens (tertiary/aromatic N) is 1. The number of nitrogen functional groups attached to an aromatic ring is 1. The van der Waals surface area contributed by atoms with E-state index in [4.69, 9.17) is 17.3 Å². The van der Waals surface area contributed by atoms with Crippen molar-refractivity contribution in [1.82, 2.24) is 4.98 Å². The highest BCUT2D eigenvalue weighted by Gasteiger charge is 2.10. The smallest absolute Gasteiger partial charge is 0.126 e. The maximum Gasteiger partial charge on any atom is 0.126 e. The van der Waals surface area contributed by atoms with Crippen LogP contribution in [0.2, 0.25) is 5.02 Å². The number of aromatic nitrogens is 1. The van der Waals surface area contributed by atoms with Crippen LogP contribution in [0.15, 0.2) is 36.4 Å². The molecule has 0 bridgehead atoms. The molecule has 0 unspecified atom stereocenters. The van der Waals surface area contributed by atoms with Gasteiger partial charge in [0.15, 0.2) is 0 Å². The summed E-state index contributed by atoms with van der Waals surface area (Å²) < 4.78 is 2.27. The van der Waals surface area contributed by atoms with Crippen LogP contribution in [0.4, 0.5) is 5.69 Å². The van der Waals surface area contributed by atoms with Crippen LogP contribution in [0.5, 0.6) is 0 Å². The Bertz CT molecular complexity index is 739. The molecule has 5 heteroatoms. The molecule has 2 aromatic carbocycles. The van der Waals surface area contributed by atoms with Crippen molar-refractivity contribution in [3.05, 3.63) is 45.0 Å². The van der Waals surface area contributed by atoms with E-state index in [0.29, 0.717) is 5.02 Å². The van der Waals surface area contributed by atoms with Crippen LogP contribution >= 0.6 is 45.5 Å². The fraction of sp³-hybridized carbons (Fsp3) is 0. The third-order valence-electron chi connectivity index (χ3n) is 2.60. The van der Waals surface area contributed by atoms with E-state index in [9.17, 15) is 0 Å². The minimum Gasteiger partial charge on any atom is -0.398 e. The Kier molecular flexibility index (Phi) is 3.17. The highest BCUT2D eigenvalue weighted by molar-refractivity contribution is 14.1. The summed E-state index contributed by atoms with van der Waals surface area (Å²) in [6.07, 6.45) is 0. The van der Waals surface area contributed by atoms with Crippen molar-refractivity contribution < 1.29 is 0 Å². The van der Waals surface area contributed by atoms with Gasteiger partial charge in [0.1, 0.15) is 5.01 Å². The lowest BCUT2D eigenvalue weighted by molar-refractivity contribution is 1.47. The Morgan fingerprint density at radius 2 is 2.00 bits per heavy atom. The van der Waals surface area contributed by atoms with Crippen LogP contribution in [-0.2, 0) is 0 Å². The van der Waals surface area contributed by atoms with Gasteiger partial charge in [0.05, 0.1) is 10.2 Å². The molecule has 0 spiro atoms. The molecule has 0 fully saturated rings. The highest BCUT2D eigenvalue weighted by atomic mass is 127. The lowest BCUT2D eigenvalue weighted by atomic mass is 10.2. The number of hydrogen-bond donors (Lipinski definition) is 1. The maximum atomic E-state index is 6.01. The Morgan fingerprint density at radius 3 is 2.83 bits per heavy atom. The average molecular weight is 387 g/mol. The Balaban J connectivity index is 2.22. The van der Waals surface area contributed by atoms with Crippen molar-refractivity contribution >= 4 is 61.4 Å². The number of hydrogen-bond acceptors (Lipinski definition) is 3. The molecule has 3 aromatic rings. The van der Waals surface area contributed by atoms with E-state index in [1.54, 1.807) is 11.3 Å². The maximum absolute atomic E-state index is 6.01. The van der Waals surface area contributed by atoms with Gasteiger partial charge in [-0.15, -0.1) is 11.3 Å². The first-order valence-corrected chi connectivity index (χ1v) is 7.52. The van der Waals surface area contributed by atoms with Gasteiger partial charge in [-0.3, -0.25) is 0 Å². The van der Waals surface area contributed by atoms with Crippen molar-refractivity contribution in [3.8, 4) is 10.6 Å². The molecule has 1 aromatic heterocycles. The fourth-order valence-electron chi connectivity index (χ4n) is 1.73. The summed E-state index contributed by atoms with van der Waals surface area (Å²) in [5.41, 5.74) is 8.66. The molecule has 0 aliphatic rings. The molecule has 18 heavy (non-hydrogen) atoms. The molecule has 0 saturated heterocycles. The number of halogens is 2. The molecule has 90 valence electrons. The molecule has 1 heterocycles. The largest absolute Gasteiger partial charge is 0.398 e. The van der Waals surface area contributed by atoms with E-state index in [1.807, 2.05) is 30.3 Å². The van der Waals surface area contributed by atoms with Gasteiger partial charge in [0.2, 0.25) is 0 Å². The molecule has 0 aliphatic carbocycles. The number of thiazole rings is 1. The molecule has 2 nitrogen and oxygen atoms in total. The number of nitrogens with two attached hydrogens (primary N) is 1. The van der Waals surface area contributed by atoms with Gasteiger partial charge in [-0.05, 0) is 59.0 Å². The Labute approximate surface area is 127 Å². The van der Waals surface area contributed by atoms with Gasteiger partial charge in [0, 0.05) is 19.8 Å². The van der Waals surface area contributed by atoms with Crippen molar-refractivity contribution in [1.29, 1.82) is 0 Å². The van der Waals surface area contributed by atoms with Gasteiger partial charge >= 0.3 is 0 Å². The van der Waals surface area contributed by atoms with Gasteiger partial charge in [0.25, 0.3) is 0 Å². The molecule has 0 amide bonds. The molecule has 3 rings (SSSR count). The van der Waals surface area contributed by atoms with Crippen LogP contribution in [0.3, 0.4) is 0 Å². The minimum atomic E-state index is 0.704. The van der Waals surface area contributed by atoms with Gasteiger partial charge < -0.3 is 5.73 Å². The van der Waals surface area contributed by atoms with Crippen LogP contribution in [0, 0.1) is 3.57 Å². The number of benzene rings is 2. The van der Waals surface area contributed by atoms with Crippen molar-refractivity contribution in [2.24, 2.45) is 0 Å². The van der Waals surface area contributed by atoms with Crippen LogP contribution in [0.1, 0.15) is 0 Å². The quantitative estimate of drug-likeness (QED) is 0.482. The molecule has 0 radical (unpaired) electrons. The third-order valence-corrected chi connectivity index (χ3v) is 4.57. The summed E-state index contributed by atoms with van der Waals surface area (Å²) in [6.45, 7) is 0. The number of anilines is 1. The zero-order valence-corrected chi connectivity index (χ0v) is 12.9. The summed E-state index contributed by atoms with van der Waals surface area (Å²) in [5.74, 6) is 0. The molecular weight excluding hydrogens is 379 g/mol. The second-order valence-electron chi connectivity index (χ2n) is 3.86. The van der Waals surface area contributed by atoms with Crippen LogP contribution in [0.25, 0.3) is 20.8 Å². The predicted octanol–water partition coefficient (Wildman–Crippen LogP) is 4.80. The van der Waals surface area contributed by atoms with E-state index >= 15 is 0 Å². The Hall–Kier alpha value is -0.850. The SMILES string of the molecule is Nc1ccc(I)cc1-c1nc2cc(Cl)ccc2s1. The standard InChI is InChI=1S/C13H8ClIN2S/c14-7-1-4-12-11(5-7)17-13(18-12)9-6-8(15)2-3-10(9)16/h1-6H,16H2. The number of fused-ring (bicyclic) bond motifs is 1. The van der Waals surface area contributed by atoms with Gasteiger partial charge in [-0.2, -0.15) is 0 Å². The van der Waals surface area contributed by atoms with Crippen molar-refractivity contribution in [3.63, 3.8) is 0 Å². The average Bonchev–Trinajstić information content (AvgIpc) is 2.74. The van der Waals surface area contributed by atoms with E-state index < -0.39 is 0 Å². The summed E-state index contributed by atoms with van der Waals surface area (Å²) in [4.78, 5) is 4.60. The summed E-state index contributed by atoms with van der Waals surface area (Å²) in [7, 11) is 0. The topological polar surface area (TPSA) is 38.9 Å². The molecule has 0 aliphatic heterocycles. The highest BCUT2D eigenvalue weighted by Crippen LogP contribution is 2.34. The normalized spacial score (nSPS) is 11.0. The van der Waals surface area contributed by atoms with Crippen LogP contribution < -0.4 is 5.73 Å². The number of rotatable bonds is 1. The van der Waals surface area contributed by atoms with E-state index in [-0.39, 0.29) is 0 Å².